The maximum Gasteiger partial charge on any atom is 0.0460 e. The third-order valence-electron chi connectivity index (χ3n) is 3.53. The monoisotopic (exact) mass is 248 g/mol. The molecule has 1 atom stereocenters. The molecule has 2 heteroatoms. The molecule has 0 bridgehead atoms. The minimum Gasteiger partial charge on any atom is -0.271 e. The smallest absolute Gasteiger partial charge is 0.0460 e. The van der Waals surface area contributed by atoms with Crippen LogP contribution >= 0.6 is 0 Å². The highest BCUT2D eigenvalue weighted by Crippen LogP contribution is 2.20. The van der Waals surface area contributed by atoms with E-state index in [-0.39, 0.29) is 0 Å². The molecule has 0 saturated heterocycles. The zero-order valence-corrected chi connectivity index (χ0v) is 11.9. The van der Waals surface area contributed by atoms with Crippen LogP contribution in [0.15, 0.2) is 24.3 Å². The summed E-state index contributed by atoms with van der Waals surface area (Å²) in [5.74, 6) is 5.66. The Hall–Kier alpha value is -0.860. The molecule has 0 radical (unpaired) electrons. The number of unbranched alkanes of at least 4 members (excludes halogenated alkanes) is 5. The van der Waals surface area contributed by atoms with Crippen molar-refractivity contribution >= 4 is 0 Å². The molecule has 0 fully saturated rings. The number of nitrogens with one attached hydrogen (secondary N) is 1. The molecule has 3 N–H and O–H groups in total. The summed E-state index contributed by atoms with van der Waals surface area (Å²) in [6.07, 6.45) is 9.13. The van der Waals surface area contributed by atoms with E-state index in [2.05, 4.69) is 43.5 Å². The number of hydrogen-bond donors (Lipinski definition) is 2. The summed E-state index contributed by atoms with van der Waals surface area (Å²) in [6, 6.07) is 8.96. The summed E-state index contributed by atoms with van der Waals surface area (Å²) in [7, 11) is 0. The highest BCUT2D eigenvalue weighted by Gasteiger charge is 2.08. The first-order chi connectivity index (χ1) is 8.77. The summed E-state index contributed by atoms with van der Waals surface area (Å²) in [5.41, 5.74) is 5.54. The van der Waals surface area contributed by atoms with Gasteiger partial charge in [0.25, 0.3) is 0 Å². The Morgan fingerprint density at radius 2 is 1.61 bits per heavy atom. The molecule has 1 aromatic rings. The van der Waals surface area contributed by atoms with E-state index in [1.807, 2.05) is 0 Å². The molecule has 102 valence electrons. The fraction of sp³-hybridized carbons (Fsp3) is 0.625. The molecule has 0 amide bonds. The quantitative estimate of drug-likeness (QED) is 0.389. The van der Waals surface area contributed by atoms with Crippen LogP contribution in [0.25, 0.3) is 0 Å². The summed E-state index contributed by atoms with van der Waals surface area (Å²) < 4.78 is 0. The molecular weight excluding hydrogens is 220 g/mol. The lowest BCUT2D eigenvalue weighted by atomic mass is 9.99. The molecule has 0 aliphatic heterocycles. The van der Waals surface area contributed by atoms with Crippen LogP contribution in [0.2, 0.25) is 0 Å². The lowest BCUT2D eigenvalue weighted by Crippen LogP contribution is -2.27. The summed E-state index contributed by atoms with van der Waals surface area (Å²) in [4.78, 5) is 0. The number of aryl methyl sites for hydroxylation is 1. The standard InChI is InChI=1S/C16H28N2/c1-3-4-5-6-7-8-9-16(18-17)15-12-10-14(2)11-13-15/h10-13,16,18H,3-9,17H2,1-2H3. The van der Waals surface area contributed by atoms with Gasteiger partial charge in [-0.25, -0.2) is 0 Å². The molecule has 0 saturated carbocycles. The van der Waals surface area contributed by atoms with Crippen molar-refractivity contribution < 1.29 is 0 Å². The highest BCUT2D eigenvalue weighted by molar-refractivity contribution is 5.23. The van der Waals surface area contributed by atoms with Gasteiger partial charge in [-0.1, -0.05) is 75.3 Å². The van der Waals surface area contributed by atoms with E-state index >= 15 is 0 Å². The number of hydrogen-bond acceptors (Lipinski definition) is 2. The van der Waals surface area contributed by atoms with Crippen LogP contribution in [0.5, 0.6) is 0 Å². The van der Waals surface area contributed by atoms with Gasteiger partial charge in [-0.2, -0.15) is 0 Å². The Morgan fingerprint density at radius 3 is 2.22 bits per heavy atom. The molecule has 2 nitrogen and oxygen atoms in total. The third kappa shape index (κ3) is 5.65. The molecule has 1 aromatic carbocycles. The molecule has 1 unspecified atom stereocenters. The molecule has 1 rings (SSSR count). The van der Waals surface area contributed by atoms with Gasteiger partial charge in [-0.15, -0.1) is 0 Å². The summed E-state index contributed by atoms with van der Waals surface area (Å²) in [6.45, 7) is 4.37. The van der Waals surface area contributed by atoms with Crippen molar-refractivity contribution in [3.63, 3.8) is 0 Å². The molecular formula is C16H28N2. The van der Waals surface area contributed by atoms with Gasteiger partial charge in [0, 0.05) is 6.04 Å². The van der Waals surface area contributed by atoms with E-state index in [1.165, 1.54) is 49.7 Å². The first-order valence-corrected chi connectivity index (χ1v) is 7.30. The van der Waals surface area contributed by atoms with Crippen LogP contribution in [0, 0.1) is 6.92 Å². The largest absolute Gasteiger partial charge is 0.271 e. The Morgan fingerprint density at radius 1 is 1.00 bits per heavy atom. The van der Waals surface area contributed by atoms with E-state index in [0.717, 1.165) is 6.42 Å². The lowest BCUT2D eigenvalue weighted by Gasteiger charge is -2.16. The first kappa shape index (κ1) is 15.2. The molecule has 0 aromatic heterocycles. The summed E-state index contributed by atoms with van der Waals surface area (Å²) in [5, 5.41) is 0. The van der Waals surface area contributed by atoms with Crippen molar-refractivity contribution in [3.05, 3.63) is 35.4 Å². The van der Waals surface area contributed by atoms with E-state index in [4.69, 9.17) is 5.84 Å². The predicted octanol–water partition coefficient (Wildman–Crippen LogP) is 4.25. The molecule has 0 aliphatic rings. The minimum absolute atomic E-state index is 0.303. The van der Waals surface area contributed by atoms with Crippen molar-refractivity contribution in [2.45, 2.75) is 64.8 Å². The second-order valence-electron chi connectivity index (χ2n) is 5.19. The fourth-order valence-electron chi connectivity index (χ4n) is 2.27. The van der Waals surface area contributed by atoms with Gasteiger partial charge < -0.3 is 0 Å². The van der Waals surface area contributed by atoms with Crippen LogP contribution in [-0.4, -0.2) is 0 Å². The van der Waals surface area contributed by atoms with E-state index in [1.54, 1.807) is 0 Å². The number of benzene rings is 1. The number of nitrogens with two attached hydrogens (primary N) is 1. The second-order valence-corrected chi connectivity index (χ2v) is 5.19. The third-order valence-corrected chi connectivity index (χ3v) is 3.53. The number of hydrazine groups is 1. The van der Waals surface area contributed by atoms with E-state index < -0.39 is 0 Å². The van der Waals surface area contributed by atoms with Gasteiger partial charge in [0.05, 0.1) is 0 Å². The average Bonchev–Trinajstić information content (AvgIpc) is 2.39. The van der Waals surface area contributed by atoms with Crippen LogP contribution in [-0.2, 0) is 0 Å². The maximum atomic E-state index is 5.66. The first-order valence-electron chi connectivity index (χ1n) is 7.30. The van der Waals surface area contributed by atoms with Gasteiger partial charge in [-0.05, 0) is 18.9 Å². The van der Waals surface area contributed by atoms with Gasteiger partial charge in [0.15, 0.2) is 0 Å². The van der Waals surface area contributed by atoms with Crippen molar-refractivity contribution in [3.8, 4) is 0 Å². The van der Waals surface area contributed by atoms with Gasteiger partial charge >= 0.3 is 0 Å². The lowest BCUT2D eigenvalue weighted by molar-refractivity contribution is 0.477. The SMILES string of the molecule is CCCCCCCCC(NN)c1ccc(C)cc1. The minimum atomic E-state index is 0.303. The molecule has 18 heavy (non-hydrogen) atoms. The topological polar surface area (TPSA) is 38.0 Å². The fourth-order valence-corrected chi connectivity index (χ4v) is 2.27. The van der Waals surface area contributed by atoms with Crippen LogP contribution in [0.1, 0.15) is 69.0 Å². The van der Waals surface area contributed by atoms with Gasteiger partial charge in [0.2, 0.25) is 0 Å². The Balaban J connectivity index is 2.27. The Kier molecular flexibility index (Phi) is 7.70. The molecule has 0 heterocycles. The zero-order chi connectivity index (χ0) is 13.2. The normalized spacial score (nSPS) is 12.6. The van der Waals surface area contributed by atoms with E-state index in [9.17, 15) is 0 Å². The van der Waals surface area contributed by atoms with Crippen molar-refractivity contribution in [1.29, 1.82) is 0 Å². The van der Waals surface area contributed by atoms with Crippen LogP contribution in [0.4, 0.5) is 0 Å². The average molecular weight is 248 g/mol. The van der Waals surface area contributed by atoms with Crippen molar-refractivity contribution in [2.75, 3.05) is 0 Å². The molecule has 0 aliphatic carbocycles. The molecule has 0 spiro atoms. The van der Waals surface area contributed by atoms with Crippen molar-refractivity contribution in [2.24, 2.45) is 5.84 Å². The summed E-state index contributed by atoms with van der Waals surface area (Å²) >= 11 is 0. The Labute approximate surface area is 112 Å². The van der Waals surface area contributed by atoms with E-state index in [0.29, 0.717) is 6.04 Å². The Bertz CT molecular complexity index is 305. The predicted molar refractivity (Wildman–Crippen MR) is 79.2 cm³/mol. The number of rotatable bonds is 9. The van der Waals surface area contributed by atoms with Crippen LogP contribution < -0.4 is 11.3 Å². The zero-order valence-electron chi connectivity index (χ0n) is 11.9. The van der Waals surface area contributed by atoms with Crippen molar-refractivity contribution in [1.82, 2.24) is 5.43 Å². The maximum absolute atomic E-state index is 5.66. The second kappa shape index (κ2) is 9.12. The van der Waals surface area contributed by atoms with Gasteiger partial charge in [-0.3, -0.25) is 11.3 Å². The highest BCUT2D eigenvalue weighted by atomic mass is 15.2. The van der Waals surface area contributed by atoms with Crippen LogP contribution in [0.3, 0.4) is 0 Å². The van der Waals surface area contributed by atoms with Gasteiger partial charge in [0.1, 0.15) is 0 Å².